The summed E-state index contributed by atoms with van der Waals surface area (Å²) in [4.78, 5) is 9.61. The number of hydrogen-bond acceptors (Lipinski definition) is 6. The lowest BCUT2D eigenvalue weighted by atomic mass is 10.0. The Labute approximate surface area is 72.5 Å². The van der Waals surface area contributed by atoms with Gasteiger partial charge >= 0.3 is 5.70 Å². The van der Waals surface area contributed by atoms with Gasteiger partial charge in [0, 0.05) is 6.08 Å². The normalized spacial score (nSPS) is 19.7. The molecule has 0 aliphatic heterocycles. The van der Waals surface area contributed by atoms with E-state index in [0.29, 0.717) is 0 Å². The molecular formula is C6H6N4O3. The molecule has 7 nitrogen and oxygen atoms in total. The lowest BCUT2D eigenvalue weighted by molar-refractivity contribution is -0.414. The Kier molecular flexibility index (Phi) is 2.09. The van der Waals surface area contributed by atoms with E-state index in [2.05, 4.69) is 5.16 Å². The highest BCUT2D eigenvalue weighted by Gasteiger charge is 2.28. The summed E-state index contributed by atoms with van der Waals surface area (Å²) in [5.74, 6) is 0. The molecule has 13 heavy (non-hydrogen) atoms. The van der Waals surface area contributed by atoms with E-state index in [-0.39, 0.29) is 11.4 Å². The molecule has 0 aromatic rings. The van der Waals surface area contributed by atoms with E-state index in [0.717, 1.165) is 6.08 Å². The second-order valence-electron chi connectivity index (χ2n) is 2.25. The van der Waals surface area contributed by atoms with Crippen LogP contribution in [0.2, 0.25) is 0 Å². The average Bonchev–Trinajstić information content (AvgIpc) is 2.09. The molecule has 0 heterocycles. The summed E-state index contributed by atoms with van der Waals surface area (Å²) in [6, 6.07) is 0. The minimum atomic E-state index is -0.744. The topological polar surface area (TPSA) is 126 Å². The summed E-state index contributed by atoms with van der Waals surface area (Å²) in [6.07, 6.45) is 2.30. The van der Waals surface area contributed by atoms with Crippen LogP contribution >= 0.6 is 0 Å². The van der Waals surface area contributed by atoms with Gasteiger partial charge in [-0.15, -0.1) is 0 Å². The van der Waals surface area contributed by atoms with Gasteiger partial charge in [0.25, 0.3) is 0 Å². The third-order valence-electron chi connectivity index (χ3n) is 1.49. The number of nitrogens with zero attached hydrogens (tertiary/aromatic N) is 2. The second-order valence-corrected chi connectivity index (χ2v) is 2.25. The van der Waals surface area contributed by atoms with Gasteiger partial charge in [-0.25, -0.2) is 0 Å². The fourth-order valence-corrected chi connectivity index (χ4v) is 0.844. The number of allylic oxidation sites excluding steroid dienone is 4. The zero-order valence-corrected chi connectivity index (χ0v) is 6.39. The average molecular weight is 182 g/mol. The maximum Gasteiger partial charge on any atom is 0.300 e. The van der Waals surface area contributed by atoms with Gasteiger partial charge in [0.2, 0.25) is 5.71 Å². The van der Waals surface area contributed by atoms with Crippen LogP contribution in [0, 0.1) is 15.5 Å². The van der Waals surface area contributed by atoms with Crippen molar-refractivity contribution in [2.24, 2.45) is 10.9 Å². The van der Waals surface area contributed by atoms with Crippen molar-refractivity contribution in [3.63, 3.8) is 0 Å². The molecule has 0 spiro atoms. The Balaban J connectivity index is 3.23. The molecule has 0 saturated carbocycles. The Morgan fingerprint density at radius 1 is 1.62 bits per heavy atom. The molecule has 0 unspecified atom stereocenters. The molecule has 0 amide bonds. The Bertz CT molecular complexity index is 366. The van der Waals surface area contributed by atoms with Gasteiger partial charge in [-0.1, -0.05) is 5.16 Å². The molecular weight excluding hydrogens is 176 g/mol. The predicted molar refractivity (Wildman–Crippen MR) is 44.3 cm³/mol. The standard InChI is InChI=1S/C6H6N4O3/c7-3-1-2-4(10(12)13)6(9-11)5(3)8/h1-2,8,11H,7H2/b8-5?,9-6-. The van der Waals surface area contributed by atoms with Crippen molar-refractivity contribution in [1.82, 2.24) is 0 Å². The Morgan fingerprint density at radius 3 is 2.69 bits per heavy atom. The van der Waals surface area contributed by atoms with Crippen LogP contribution in [0.4, 0.5) is 0 Å². The number of nitro groups is 1. The predicted octanol–water partition coefficient (Wildman–Crippen LogP) is -0.147. The molecule has 1 aliphatic rings. The zero-order chi connectivity index (χ0) is 10.0. The van der Waals surface area contributed by atoms with Crippen LogP contribution in [0.3, 0.4) is 0 Å². The van der Waals surface area contributed by atoms with Crippen LogP contribution in [0.25, 0.3) is 0 Å². The number of oxime groups is 1. The molecule has 0 bridgehead atoms. The maximum absolute atomic E-state index is 10.4. The minimum Gasteiger partial charge on any atom is -0.410 e. The highest BCUT2D eigenvalue weighted by Crippen LogP contribution is 2.10. The van der Waals surface area contributed by atoms with Crippen LogP contribution in [-0.2, 0) is 0 Å². The van der Waals surface area contributed by atoms with Crippen LogP contribution < -0.4 is 5.73 Å². The monoisotopic (exact) mass is 182 g/mol. The first-order valence-electron chi connectivity index (χ1n) is 3.21. The molecule has 1 rings (SSSR count). The molecule has 68 valence electrons. The highest BCUT2D eigenvalue weighted by atomic mass is 16.6. The number of nitrogens with one attached hydrogen (secondary N) is 1. The van der Waals surface area contributed by atoms with Gasteiger partial charge in [-0.05, 0) is 6.08 Å². The summed E-state index contributed by atoms with van der Waals surface area (Å²) < 4.78 is 0. The van der Waals surface area contributed by atoms with Crippen molar-refractivity contribution in [2.75, 3.05) is 0 Å². The molecule has 0 saturated heterocycles. The highest BCUT2D eigenvalue weighted by molar-refractivity contribution is 6.52. The summed E-state index contributed by atoms with van der Waals surface area (Å²) in [5, 5.41) is 28.7. The van der Waals surface area contributed by atoms with Crippen LogP contribution in [0.15, 0.2) is 28.7 Å². The van der Waals surface area contributed by atoms with Gasteiger partial charge in [-0.2, -0.15) is 0 Å². The van der Waals surface area contributed by atoms with Crippen molar-refractivity contribution < 1.29 is 10.1 Å². The van der Waals surface area contributed by atoms with Gasteiger partial charge in [-0.3, -0.25) is 15.5 Å². The van der Waals surface area contributed by atoms with Gasteiger partial charge in [0.15, 0.2) is 0 Å². The molecule has 0 atom stereocenters. The van der Waals surface area contributed by atoms with Crippen LogP contribution in [-0.4, -0.2) is 21.6 Å². The molecule has 1 aliphatic carbocycles. The summed E-state index contributed by atoms with van der Waals surface area (Å²) >= 11 is 0. The molecule has 7 heteroatoms. The van der Waals surface area contributed by atoms with Crippen molar-refractivity contribution in [1.29, 1.82) is 5.41 Å². The maximum atomic E-state index is 10.4. The first-order chi connectivity index (χ1) is 6.07. The van der Waals surface area contributed by atoms with Crippen LogP contribution in [0.5, 0.6) is 0 Å². The van der Waals surface area contributed by atoms with E-state index >= 15 is 0 Å². The van der Waals surface area contributed by atoms with E-state index in [4.69, 9.17) is 16.4 Å². The number of hydrogen-bond donors (Lipinski definition) is 3. The lowest BCUT2D eigenvalue weighted by Crippen LogP contribution is -2.28. The van der Waals surface area contributed by atoms with Gasteiger partial charge < -0.3 is 10.9 Å². The van der Waals surface area contributed by atoms with Crippen molar-refractivity contribution in [2.45, 2.75) is 0 Å². The first-order valence-corrected chi connectivity index (χ1v) is 3.21. The summed E-state index contributed by atoms with van der Waals surface area (Å²) in [5.41, 5.74) is 4.09. The van der Waals surface area contributed by atoms with E-state index in [1.807, 2.05) is 0 Å². The number of nitrogens with two attached hydrogens (primary N) is 1. The van der Waals surface area contributed by atoms with Gasteiger partial charge in [0.05, 0.1) is 10.6 Å². The third kappa shape index (κ3) is 1.39. The SMILES string of the molecule is N=C1C(N)=CC=C([N+](=O)[O-])/C1=N/O. The molecule has 0 aromatic heterocycles. The van der Waals surface area contributed by atoms with E-state index in [9.17, 15) is 10.1 Å². The molecule has 0 fully saturated rings. The Hall–Kier alpha value is -2.18. The second kappa shape index (κ2) is 3.05. The molecule has 4 N–H and O–H groups in total. The molecule has 0 aromatic carbocycles. The smallest absolute Gasteiger partial charge is 0.300 e. The largest absolute Gasteiger partial charge is 0.410 e. The quantitative estimate of drug-likeness (QED) is 0.225. The van der Waals surface area contributed by atoms with E-state index < -0.39 is 16.3 Å². The van der Waals surface area contributed by atoms with Crippen molar-refractivity contribution in [3.8, 4) is 0 Å². The molecule has 0 radical (unpaired) electrons. The van der Waals surface area contributed by atoms with E-state index in [1.54, 1.807) is 0 Å². The summed E-state index contributed by atoms with van der Waals surface area (Å²) in [6.45, 7) is 0. The minimum absolute atomic E-state index is 0.0263. The van der Waals surface area contributed by atoms with Crippen molar-refractivity contribution in [3.05, 3.63) is 33.7 Å². The van der Waals surface area contributed by atoms with Crippen molar-refractivity contribution >= 4 is 11.4 Å². The number of rotatable bonds is 1. The third-order valence-corrected chi connectivity index (χ3v) is 1.49. The van der Waals surface area contributed by atoms with E-state index in [1.165, 1.54) is 6.08 Å². The summed E-state index contributed by atoms with van der Waals surface area (Å²) in [7, 11) is 0. The fraction of sp³-hybridized carbons (Fsp3) is 0. The fourth-order valence-electron chi connectivity index (χ4n) is 0.844. The lowest BCUT2D eigenvalue weighted by Gasteiger charge is -2.07. The van der Waals surface area contributed by atoms with Crippen LogP contribution in [0.1, 0.15) is 0 Å². The zero-order valence-electron chi connectivity index (χ0n) is 6.39. The first kappa shape index (κ1) is 8.91. The van der Waals surface area contributed by atoms with Gasteiger partial charge in [0.1, 0.15) is 5.71 Å². The Morgan fingerprint density at radius 2 is 2.23 bits per heavy atom.